The van der Waals surface area contributed by atoms with Crippen LogP contribution in [0.25, 0.3) is 6.08 Å². The van der Waals surface area contributed by atoms with Crippen molar-refractivity contribution in [2.45, 2.75) is 20.3 Å². The molecule has 1 aliphatic rings. The van der Waals surface area contributed by atoms with E-state index in [9.17, 15) is 4.79 Å². The SMILES string of the molecule is CCOc1ccc(CCN2C(=O)/C(=C\c3cccs3)NC2=S)cc1OCC. The maximum atomic E-state index is 12.6. The number of carbonyl (C=O) groups is 1. The molecule has 1 aromatic carbocycles. The Balaban J connectivity index is 1.68. The third-order valence-corrected chi connectivity index (χ3v) is 5.17. The number of rotatable bonds is 8. The fourth-order valence-corrected chi connectivity index (χ4v) is 3.72. The Kier molecular flexibility index (Phi) is 6.47. The normalized spacial score (nSPS) is 15.3. The fourth-order valence-electron chi connectivity index (χ4n) is 2.78. The molecule has 0 radical (unpaired) electrons. The van der Waals surface area contributed by atoms with E-state index in [2.05, 4.69) is 5.32 Å². The third kappa shape index (κ3) is 4.67. The molecule has 5 nitrogen and oxygen atoms in total. The van der Waals surface area contributed by atoms with Crippen LogP contribution in [0.3, 0.4) is 0 Å². The summed E-state index contributed by atoms with van der Waals surface area (Å²) in [7, 11) is 0. The van der Waals surface area contributed by atoms with Gasteiger partial charge in [0, 0.05) is 11.4 Å². The number of benzene rings is 1. The zero-order valence-corrected chi connectivity index (χ0v) is 17.0. The molecule has 0 atom stereocenters. The lowest BCUT2D eigenvalue weighted by molar-refractivity contribution is -0.122. The number of thiophene rings is 1. The number of ether oxygens (including phenoxy) is 2. The van der Waals surface area contributed by atoms with Crippen LogP contribution in [0.1, 0.15) is 24.3 Å². The van der Waals surface area contributed by atoms with E-state index in [1.165, 1.54) is 0 Å². The Hall–Kier alpha value is -2.38. The molecule has 1 aromatic heterocycles. The molecule has 3 rings (SSSR count). The molecule has 0 saturated carbocycles. The molecule has 27 heavy (non-hydrogen) atoms. The Labute approximate surface area is 168 Å². The van der Waals surface area contributed by atoms with Gasteiger partial charge in [0.05, 0.1) is 13.2 Å². The van der Waals surface area contributed by atoms with Gasteiger partial charge < -0.3 is 14.8 Å². The van der Waals surface area contributed by atoms with Gasteiger partial charge in [-0.3, -0.25) is 9.69 Å². The second-order valence-electron chi connectivity index (χ2n) is 5.86. The first-order valence-electron chi connectivity index (χ1n) is 8.89. The van der Waals surface area contributed by atoms with Gasteiger partial charge in [-0.25, -0.2) is 0 Å². The minimum absolute atomic E-state index is 0.0932. The largest absolute Gasteiger partial charge is 0.490 e. The molecule has 1 saturated heterocycles. The number of hydrogen-bond donors (Lipinski definition) is 1. The molecule has 0 spiro atoms. The van der Waals surface area contributed by atoms with Crippen LogP contribution in [-0.4, -0.2) is 35.7 Å². The van der Waals surface area contributed by atoms with Gasteiger partial charge in [-0.15, -0.1) is 11.3 Å². The van der Waals surface area contributed by atoms with Crippen LogP contribution < -0.4 is 14.8 Å². The van der Waals surface area contributed by atoms with Gasteiger partial charge in [-0.2, -0.15) is 0 Å². The maximum absolute atomic E-state index is 12.6. The van der Waals surface area contributed by atoms with Crippen LogP contribution in [0.2, 0.25) is 0 Å². The molecular weight excluding hydrogens is 380 g/mol. The van der Waals surface area contributed by atoms with Gasteiger partial charge >= 0.3 is 0 Å². The smallest absolute Gasteiger partial charge is 0.276 e. The average molecular weight is 403 g/mol. The van der Waals surface area contributed by atoms with Crippen molar-refractivity contribution in [3.63, 3.8) is 0 Å². The van der Waals surface area contributed by atoms with Crippen LogP contribution in [0, 0.1) is 0 Å². The van der Waals surface area contributed by atoms with Gasteiger partial charge in [-0.1, -0.05) is 12.1 Å². The maximum Gasteiger partial charge on any atom is 0.276 e. The van der Waals surface area contributed by atoms with Crippen molar-refractivity contribution in [1.29, 1.82) is 0 Å². The minimum Gasteiger partial charge on any atom is -0.490 e. The van der Waals surface area contributed by atoms with Crippen LogP contribution in [0.5, 0.6) is 11.5 Å². The van der Waals surface area contributed by atoms with E-state index in [4.69, 9.17) is 21.7 Å². The van der Waals surface area contributed by atoms with Crippen molar-refractivity contribution in [2.24, 2.45) is 0 Å². The van der Waals surface area contributed by atoms with E-state index < -0.39 is 0 Å². The second-order valence-corrected chi connectivity index (χ2v) is 7.22. The summed E-state index contributed by atoms with van der Waals surface area (Å²) in [5, 5.41) is 5.44. The quantitative estimate of drug-likeness (QED) is 0.537. The fraction of sp³-hybridized carbons (Fsp3) is 0.300. The summed E-state index contributed by atoms with van der Waals surface area (Å²) < 4.78 is 11.3. The average Bonchev–Trinajstić information content (AvgIpc) is 3.25. The summed E-state index contributed by atoms with van der Waals surface area (Å²) in [5.74, 6) is 1.37. The van der Waals surface area contributed by atoms with Crippen molar-refractivity contribution >= 4 is 40.7 Å². The highest BCUT2D eigenvalue weighted by Crippen LogP contribution is 2.29. The first kappa shape index (κ1) is 19.4. The van der Waals surface area contributed by atoms with Gasteiger partial charge in [0.1, 0.15) is 5.70 Å². The summed E-state index contributed by atoms with van der Waals surface area (Å²) in [6.07, 6.45) is 2.51. The highest BCUT2D eigenvalue weighted by atomic mass is 32.1. The monoisotopic (exact) mass is 402 g/mol. The summed E-state index contributed by atoms with van der Waals surface area (Å²) >= 11 is 6.92. The van der Waals surface area contributed by atoms with Crippen molar-refractivity contribution in [3.8, 4) is 11.5 Å². The summed E-state index contributed by atoms with van der Waals surface area (Å²) in [6.45, 7) is 5.54. The third-order valence-electron chi connectivity index (χ3n) is 4.02. The molecule has 0 unspecified atom stereocenters. The van der Waals surface area contributed by atoms with Crippen LogP contribution in [0.4, 0.5) is 0 Å². The van der Waals surface area contributed by atoms with Crippen molar-refractivity contribution in [2.75, 3.05) is 19.8 Å². The summed E-state index contributed by atoms with van der Waals surface area (Å²) in [4.78, 5) is 15.3. The molecule has 2 aromatic rings. The number of amides is 1. The van der Waals surface area contributed by atoms with Gasteiger partial charge in [0.2, 0.25) is 0 Å². The summed E-state index contributed by atoms with van der Waals surface area (Å²) in [5.41, 5.74) is 1.58. The Morgan fingerprint density at radius 2 is 1.96 bits per heavy atom. The van der Waals surface area contributed by atoms with E-state index in [1.807, 2.05) is 55.6 Å². The zero-order valence-electron chi connectivity index (χ0n) is 15.4. The number of nitrogens with zero attached hydrogens (tertiary/aromatic N) is 1. The van der Waals surface area contributed by atoms with Crippen molar-refractivity contribution < 1.29 is 14.3 Å². The lowest BCUT2D eigenvalue weighted by atomic mass is 10.1. The minimum atomic E-state index is -0.0932. The molecule has 2 heterocycles. The van der Waals surface area contributed by atoms with E-state index in [0.29, 0.717) is 37.0 Å². The van der Waals surface area contributed by atoms with Crippen LogP contribution in [0.15, 0.2) is 41.4 Å². The molecule has 1 N–H and O–H groups in total. The standard InChI is InChI=1S/C20H22N2O3S2/c1-3-24-17-8-7-14(12-18(17)25-4-2)9-10-22-19(23)16(21-20(22)26)13-15-6-5-11-27-15/h5-8,11-13H,3-4,9-10H2,1-2H3,(H,21,26)/b16-13+. The first-order valence-corrected chi connectivity index (χ1v) is 10.2. The molecule has 0 bridgehead atoms. The molecule has 142 valence electrons. The lowest BCUT2D eigenvalue weighted by Gasteiger charge is -2.15. The lowest BCUT2D eigenvalue weighted by Crippen LogP contribution is -2.32. The Morgan fingerprint density at radius 3 is 2.67 bits per heavy atom. The van der Waals surface area contributed by atoms with E-state index in [-0.39, 0.29) is 5.91 Å². The van der Waals surface area contributed by atoms with Gasteiger partial charge in [-0.05, 0) is 67.7 Å². The van der Waals surface area contributed by atoms with E-state index in [1.54, 1.807) is 16.2 Å². The molecule has 1 aliphatic heterocycles. The Morgan fingerprint density at radius 1 is 1.19 bits per heavy atom. The second kappa shape index (κ2) is 9.01. The summed E-state index contributed by atoms with van der Waals surface area (Å²) in [6, 6.07) is 9.79. The van der Waals surface area contributed by atoms with Crippen LogP contribution in [-0.2, 0) is 11.2 Å². The molecular formula is C20H22N2O3S2. The molecule has 7 heteroatoms. The number of carbonyl (C=O) groups excluding carboxylic acids is 1. The van der Waals surface area contributed by atoms with Gasteiger partial charge in [0.15, 0.2) is 16.6 Å². The number of hydrogen-bond acceptors (Lipinski definition) is 5. The van der Waals surface area contributed by atoms with Crippen molar-refractivity contribution in [1.82, 2.24) is 10.2 Å². The number of nitrogens with one attached hydrogen (secondary N) is 1. The molecule has 1 fully saturated rings. The van der Waals surface area contributed by atoms with Gasteiger partial charge in [0.25, 0.3) is 5.91 Å². The predicted octanol–water partition coefficient (Wildman–Crippen LogP) is 3.85. The predicted molar refractivity (Wildman–Crippen MR) is 112 cm³/mol. The van der Waals surface area contributed by atoms with Crippen LogP contribution >= 0.6 is 23.6 Å². The topological polar surface area (TPSA) is 50.8 Å². The zero-order chi connectivity index (χ0) is 19.2. The Bertz CT molecular complexity index is 847. The van der Waals surface area contributed by atoms with Crippen molar-refractivity contribution in [3.05, 3.63) is 51.8 Å². The highest BCUT2D eigenvalue weighted by Gasteiger charge is 2.30. The first-order chi connectivity index (χ1) is 13.1. The molecule has 0 aliphatic carbocycles. The van der Waals surface area contributed by atoms with E-state index in [0.717, 1.165) is 21.9 Å². The van der Waals surface area contributed by atoms with E-state index >= 15 is 0 Å². The number of thiocarbonyl (C=S) groups is 1. The highest BCUT2D eigenvalue weighted by molar-refractivity contribution is 7.80. The molecule has 1 amide bonds.